The Kier molecular flexibility index (Phi) is 3.48. The van der Waals surface area contributed by atoms with Crippen LogP contribution >= 0.6 is 11.6 Å². The summed E-state index contributed by atoms with van der Waals surface area (Å²) in [6, 6.07) is 4.17. The van der Waals surface area contributed by atoms with E-state index >= 15 is 0 Å². The molecule has 0 spiro atoms. The Bertz CT molecular complexity index is 289. The van der Waals surface area contributed by atoms with Gasteiger partial charge in [0, 0.05) is 12.1 Å². The Balaban J connectivity index is 2.97. The summed E-state index contributed by atoms with van der Waals surface area (Å²) in [5.74, 6) is 0. The lowest BCUT2D eigenvalue weighted by Gasteiger charge is -2.07. The number of alkyl halides is 2. The fourth-order valence-electron chi connectivity index (χ4n) is 1.00. The molecule has 4 heteroatoms. The first-order chi connectivity index (χ1) is 6.15. The standard InChI is InChI=1S/C9H10ClF2N/c1-2-13-8-5-6(9(11)12)3-4-7(8)10/h3-5,9,13H,2H2,1H3. The molecule has 0 heterocycles. The van der Waals surface area contributed by atoms with Crippen LogP contribution in [-0.2, 0) is 0 Å². The van der Waals surface area contributed by atoms with Gasteiger partial charge in [-0.05, 0) is 19.1 Å². The first-order valence-electron chi connectivity index (χ1n) is 3.96. The van der Waals surface area contributed by atoms with Gasteiger partial charge in [-0.15, -0.1) is 0 Å². The molecule has 0 saturated carbocycles. The van der Waals surface area contributed by atoms with E-state index in [0.717, 1.165) is 0 Å². The normalized spacial score (nSPS) is 10.5. The molecule has 0 amide bonds. The summed E-state index contributed by atoms with van der Waals surface area (Å²) in [6.45, 7) is 2.54. The second kappa shape index (κ2) is 4.42. The number of halogens is 3. The van der Waals surface area contributed by atoms with Crippen LogP contribution in [0.25, 0.3) is 0 Å². The molecule has 1 aromatic carbocycles. The maximum absolute atomic E-state index is 12.2. The predicted octanol–water partition coefficient (Wildman–Crippen LogP) is 3.71. The number of anilines is 1. The lowest BCUT2D eigenvalue weighted by atomic mass is 10.2. The lowest BCUT2D eigenvalue weighted by Crippen LogP contribution is -1.98. The monoisotopic (exact) mass is 205 g/mol. The van der Waals surface area contributed by atoms with E-state index in [2.05, 4.69) is 5.32 Å². The molecule has 72 valence electrons. The zero-order valence-electron chi connectivity index (χ0n) is 7.15. The number of nitrogens with one attached hydrogen (secondary N) is 1. The summed E-state index contributed by atoms with van der Waals surface area (Å²) in [4.78, 5) is 0. The number of hydrogen-bond donors (Lipinski definition) is 1. The first kappa shape index (κ1) is 10.3. The molecule has 0 saturated heterocycles. The minimum Gasteiger partial charge on any atom is -0.384 e. The summed E-state index contributed by atoms with van der Waals surface area (Å²) >= 11 is 5.77. The number of benzene rings is 1. The largest absolute Gasteiger partial charge is 0.384 e. The highest BCUT2D eigenvalue weighted by molar-refractivity contribution is 6.33. The van der Waals surface area contributed by atoms with Crippen LogP contribution in [0.5, 0.6) is 0 Å². The van der Waals surface area contributed by atoms with Gasteiger partial charge in [-0.2, -0.15) is 0 Å². The van der Waals surface area contributed by atoms with Crippen LogP contribution in [0.1, 0.15) is 18.9 Å². The third kappa shape index (κ3) is 2.56. The van der Waals surface area contributed by atoms with Gasteiger partial charge in [0.25, 0.3) is 6.43 Å². The maximum Gasteiger partial charge on any atom is 0.263 e. The highest BCUT2D eigenvalue weighted by atomic mass is 35.5. The SMILES string of the molecule is CCNc1cc(C(F)F)ccc1Cl. The van der Waals surface area contributed by atoms with Gasteiger partial charge in [-0.25, -0.2) is 8.78 Å². The van der Waals surface area contributed by atoms with Crippen molar-refractivity contribution in [3.63, 3.8) is 0 Å². The van der Waals surface area contributed by atoms with Gasteiger partial charge < -0.3 is 5.32 Å². The van der Waals surface area contributed by atoms with E-state index in [1.54, 1.807) is 0 Å². The van der Waals surface area contributed by atoms with E-state index in [1.165, 1.54) is 18.2 Å². The van der Waals surface area contributed by atoms with E-state index in [0.29, 0.717) is 17.3 Å². The molecule has 0 aliphatic rings. The van der Waals surface area contributed by atoms with Crippen molar-refractivity contribution in [1.82, 2.24) is 0 Å². The quantitative estimate of drug-likeness (QED) is 0.793. The number of rotatable bonds is 3. The molecule has 0 aliphatic carbocycles. The van der Waals surface area contributed by atoms with Crippen molar-refractivity contribution in [2.75, 3.05) is 11.9 Å². The van der Waals surface area contributed by atoms with Crippen LogP contribution in [0.4, 0.5) is 14.5 Å². The fourth-order valence-corrected chi connectivity index (χ4v) is 1.19. The molecule has 0 fully saturated rings. The molecule has 0 aliphatic heterocycles. The van der Waals surface area contributed by atoms with Gasteiger partial charge in [0.05, 0.1) is 10.7 Å². The molecule has 0 unspecified atom stereocenters. The minimum atomic E-state index is -2.45. The maximum atomic E-state index is 12.2. The Morgan fingerprint density at radius 2 is 2.15 bits per heavy atom. The van der Waals surface area contributed by atoms with Crippen LogP contribution < -0.4 is 5.32 Å². The van der Waals surface area contributed by atoms with Crippen molar-refractivity contribution >= 4 is 17.3 Å². The Morgan fingerprint density at radius 3 is 2.69 bits per heavy atom. The molecular weight excluding hydrogens is 196 g/mol. The lowest BCUT2D eigenvalue weighted by molar-refractivity contribution is 0.151. The zero-order chi connectivity index (χ0) is 9.84. The summed E-state index contributed by atoms with van der Waals surface area (Å²) in [7, 11) is 0. The van der Waals surface area contributed by atoms with Crippen LogP contribution in [-0.4, -0.2) is 6.54 Å². The van der Waals surface area contributed by atoms with Crippen molar-refractivity contribution in [3.8, 4) is 0 Å². The third-order valence-electron chi connectivity index (χ3n) is 1.61. The van der Waals surface area contributed by atoms with E-state index in [4.69, 9.17) is 11.6 Å². The summed E-state index contributed by atoms with van der Waals surface area (Å²) in [5.41, 5.74) is 0.544. The summed E-state index contributed by atoms with van der Waals surface area (Å²) in [5, 5.41) is 3.37. The van der Waals surface area contributed by atoms with E-state index < -0.39 is 6.43 Å². The molecule has 0 aromatic heterocycles. The second-order valence-electron chi connectivity index (χ2n) is 2.57. The predicted molar refractivity (Wildman–Crippen MR) is 50.6 cm³/mol. The molecular formula is C9H10ClF2N. The first-order valence-corrected chi connectivity index (χ1v) is 4.34. The van der Waals surface area contributed by atoms with Crippen LogP contribution in [0.15, 0.2) is 18.2 Å². The molecule has 1 rings (SSSR count). The van der Waals surface area contributed by atoms with Crippen molar-refractivity contribution in [2.24, 2.45) is 0 Å². The fraction of sp³-hybridized carbons (Fsp3) is 0.333. The van der Waals surface area contributed by atoms with Crippen molar-refractivity contribution in [2.45, 2.75) is 13.3 Å². The van der Waals surface area contributed by atoms with Gasteiger partial charge in [0.1, 0.15) is 0 Å². The number of hydrogen-bond acceptors (Lipinski definition) is 1. The zero-order valence-corrected chi connectivity index (χ0v) is 7.91. The van der Waals surface area contributed by atoms with Crippen LogP contribution in [0.2, 0.25) is 5.02 Å². The highest BCUT2D eigenvalue weighted by Gasteiger charge is 2.08. The molecule has 0 radical (unpaired) electrons. The second-order valence-corrected chi connectivity index (χ2v) is 2.98. The Hall–Kier alpha value is -0.830. The molecule has 1 N–H and O–H groups in total. The van der Waals surface area contributed by atoms with Gasteiger partial charge in [0.15, 0.2) is 0 Å². The van der Waals surface area contributed by atoms with Gasteiger partial charge in [-0.1, -0.05) is 17.7 Å². The molecule has 0 bridgehead atoms. The molecule has 1 nitrogen and oxygen atoms in total. The molecule has 13 heavy (non-hydrogen) atoms. The smallest absolute Gasteiger partial charge is 0.263 e. The highest BCUT2D eigenvalue weighted by Crippen LogP contribution is 2.27. The van der Waals surface area contributed by atoms with Crippen molar-refractivity contribution in [1.29, 1.82) is 0 Å². The topological polar surface area (TPSA) is 12.0 Å². The van der Waals surface area contributed by atoms with E-state index in [1.807, 2.05) is 6.92 Å². The average Bonchev–Trinajstić information content (AvgIpc) is 2.08. The van der Waals surface area contributed by atoms with Crippen molar-refractivity contribution in [3.05, 3.63) is 28.8 Å². The van der Waals surface area contributed by atoms with Gasteiger partial charge in [-0.3, -0.25) is 0 Å². The van der Waals surface area contributed by atoms with Crippen molar-refractivity contribution < 1.29 is 8.78 Å². The Morgan fingerprint density at radius 1 is 1.46 bits per heavy atom. The third-order valence-corrected chi connectivity index (χ3v) is 1.94. The minimum absolute atomic E-state index is 0.0136. The van der Waals surface area contributed by atoms with Gasteiger partial charge >= 0.3 is 0 Å². The van der Waals surface area contributed by atoms with Crippen LogP contribution in [0.3, 0.4) is 0 Å². The van der Waals surface area contributed by atoms with Crippen LogP contribution in [0, 0.1) is 0 Å². The molecule has 0 atom stereocenters. The van der Waals surface area contributed by atoms with Gasteiger partial charge in [0.2, 0.25) is 0 Å². The average molecular weight is 206 g/mol. The summed E-state index contributed by atoms with van der Waals surface area (Å²) in [6.07, 6.45) is -2.45. The van der Waals surface area contributed by atoms with E-state index in [9.17, 15) is 8.78 Å². The summed E-state index contributed by atoms with van der Waals surface area (Å²) < 4.78 is 24.5. The van der Waals surface area contributed by atoms with E-state index in [-0.39, 0.29) is 5.56 Å². The molecule has 1 aromatic rings. The Labute approximate surface area is 80.7 Å².